The lowest BCUT2D eigenvalue weighted by Gasteiger charge is -2.23. The largest absolute Gasteiger partial charge is 0.387 e. The van der Waals surface area contributed by atoms with E-state index in [1.165, 1.54) is 18.4 Å². The summed E-state index contributed by atoms with van der Waals surface area (Å²) in [6, 6.07) is 6.41. The summed E-state index contributed by atoms with van der Waals surface area (Å²) < 4.78 is 0. The van der Waals surface area contributed by atoms with E-state index in [1.54, 1.807) is 0 Å². The molecule has 2 aliphatic heterocycles. The Morgan fingerprint density at radius 2 is 2.04 bits per heavy atom. The van der Waals surface area contributed by atoms with E-state index in [4.69, 9.17) is 0 Å². The van der Waals surface area contributed by atoms with Gasteiger partial charge in [0.1, 0.15) is 0 Å². The number of fused-ring (bicyclic) bond motifs is 1. The first-order valence-electron chi connectivity index (χ1n) is 9.00. The zero-order valence-electron chi connectivity index (χ0n) is 13.9. The molecule has 23 heavy (non-hydrogen) atoms. The molecule has 4 heteroatoms. The van der Waals surface area contributed by atoms with Gasteiger partial charge in [0.15, 0.2) is 0 Å². The van der Waals surface area contributed by atoms with E-state index in [0.29, 0.717) is 5.91 Å². The Balaban J connectivity index is 1.52. The Bertz CT molecular complexity index is 605. The number of likely N-dealkylation sites (tertiary alicyclic amines) is 1. The van der Waals surface area contributed by atoms with Crippen LogP contribution < -0.4 is 4.90 Å². The maximum absolute atomic E-state index is 12.5. The summed E-state index contributed by atoms with van der Waals surface area (Å²) in [6.07, 6.45) is 5.05. The monoisotopic (exact) mass is 314 g/mol. The zero-order valence-corrected chi connectivity index (χ0v) is 13.9. The van der Waals surface area contributed by atoms with Crippen LogP contribution in [0.25, 0.3) is 0 Å². The minimum atomic E-state index is -0.429. The summed E-state index contributed by atoms with van der Waals surface area (Å²) in [5.74, 6) is 0.547. The first-order valence-corrected chi connectivity index (χ1v) is 9.00. The van der Waals surface area contributed by atoms with Crippen molar-refractivity contribution in [1.82, 2.24) is 4.90 Å². The van der Waals surface area contributed by atoms with Gasteiger partial charge >= 0.3 is 0 Å². The molecule has 4 nitrogen and oxygen atoms in total. The molecule has 1 saturated heterocycles. The average Bonchev–Trinajstić information content (AvgIpc) is 3.17. The van der Waals surface area contributed by atoms with Gasteiger partial charge in [-0.3, -0.25) is 4.79 Å². The minimum absolute atomic E-state index is 0.240. The highest BCUT2D eigenvalue weighted by Crippen LogP contribution is 2.39. The van der Waals surface area contributed by atoms with E-state index in [-0.39, 0.29) is 12.0 Å². The number of amides is 1. The lowest BCUT2D eigenvalue weighted by atomic mass is 10.0. The van der Waals surface area contributed by atoms with E-state index in [9.17, 15) is 9.90 Å². The van der Waals surface area contributed by atoms with Crippen molar-refractivity contribution in [2.24, 2.45) is 5.92 Å². The van der Waals surface area contributed by atoms with Gasteiger partial charge in [-0.25, -0.2) is 0 Å². The summed E-state index contributed by atoms with van der Waals surface area (Å²) in [7, 11) is 0. The number of aliphatic hydroxyl groups excluding tert-OH is 1. The Morgan fingerprint density at radius 3 is 2.74 bits per heavy atom. The fraction of sp³-hybridized carbons (Fsp3) is 0.632. The molecule has 1 saturated carbocycles. The number of benzene rings is 1. The molecular formula is C19H26N2O2. The third-order valence-corrected chi connectivity index (χ3v) is 5.50. The highest BCUT2D eigenvalue weighted by Gasteiger charge is 2.39. The zero-order chi connectivity index (χ0) is 16.0. The topological polar surface area (TPSA) is 43.8 Å². The number of β-amino-alcohol motifs (C(OH)–C–C–N with tert-alkyl or cyclic N) is 1. The second-order valence-corrected chi connectivity index (χ2v) is 7.45. The van der Waals surface area contributed by atoms with Gasteiger partial charge in [0, 0.05) is 24.2 Å². The lowest BCUT2D eigenvalue weighted by molar-refractivity contribution is -0.120. The Labute approximate surface area is 138 Å². The van der Waals surface area contributed by atoms with Crippen molar-refractivity contribution in [2.75, 3.05) is 24.5 Å². The lowest BCUT2D eigenvalue weighted by Crippen LogP contribution is -2.36. The van der Waals surface area contributed by atoms with Crippen molar-refractivity contribution in [3.05, 3.63) is 29.3 Å². The Kier molecular flexibility index (Phi) is 3.90. The number of carbonyl (C=O) groups excluding carboxylic acids is 1. The van der Waals surface area contributed by atoms with E-state index >= 15 is 0 Å². The molecule has 124 valence electrons. The van der Waals surface area contributed by atoms with Gasteiger partial charge in [0.2, 0.25) is 5.91 Å². The summed E-state index contributed by atoms with van der Waals surface area (Å²) in [6.45, 7) is 5.05. The molecule has 2 fully saturated rings. The SMILES string of the molecule is C[C@@H]1Cc2cc([C@@H](O)CN3CCCC3)ccc2N1C(=O)C1CC1. The molecule has 0 radical (unpaired) electrons. The highest BCUT2D eigenvalue weighted by atomic mass is 16.3. The molecule has 2 atom stereocenters. The number of hydrogen-bond acceptors (Lipinski definition) is 3. The molecule has 1 amide bonds. The second-order valence-electron chi connectivity index (χ2n) is 7.45. The maximum atomic E-state index is 12.5. The van der Waals surface area contributed by atoms with Gasteiger partial charge in [-0.05, 0) is 69.3 Å². The molecule has 0 spiro atoms. The van der Waals surface area contributed by atoms with E-state index < -0.39 is 6.10 Å². The number of carbonyl (C=O) groups is 1. The van der Waals surface area contributed by atoms with E-state index in [2.05, 4.69) is 17.9 Å². The van der Waals surface area contributed by atoms with Crippen LogP contribution in [0.1, 0.15) is 49.8 Å². The average molecular weight is 314 g/mol. The van der Waals surface area contributed by atoms with Crippen LogP contribution in [0, 0.1) is 5.92 Å². The first-order chi connectivity index (χ1) is 11.1. The van der Waals surface area contributed by atoms with Gasteiger partial charge in [-0.15, -0.1) is 0 Å². The van der Waals surface area contributed by atoms with Crippen LogP contribution >= 0.6 is 0 Å². The van der Waals surface area contributed by atoms with Gasteiger partial charge in [-0.2, -0.15) is 0 Å². The van der Waals surface area contributed by atoms with Gasteiger partial charge < -0.3 is 14.9 Å². The molecule has 0 bridgehead atoms. The highest BCUT2D eigenvalue weighted by molar-refractivity contribution is 5.98. The summed E-state index contributed by atoms with van der Waals surface area (Å²) in [5, 5.41) is 10.5. The quantitative estimate of drug-likeness (QED) is 0.928. The van der Waals surface area contributed by atoms with Crippen molar-refractivity contribution in [2.45, 2.75) is 51.2 Å². The van der Waals surface area contributed by atoms with Crippen molar-refractivity contribution in [1.29, 1.82) is 0 Å². The maximum Gasteiger partial charge on any atom is 0.230 e. The number of hydrogen-bond donors (Lipinski definition) is 1. The Hall–Kier alpha value is -1.39. The standard InChI is InChI=1S/C19H26N2O2/c1-13-10-16-11-15(18(22)12-20-8-2-3-9-20)6-7-17(16)21(13)19(23)14-4-5-14/h6-7,11,13-14,18,22H,2-5,8-10,12H2,1H3/t13-,18+/m1/s1. The molecular weight excluding hydrogens is 288 g/mol. The summed E-state index contributed by atoms with van der Waals surface area (Å²) in [5.41, 5.74) is 3.26. The Morgan fingerprint density at radius 1 is 1.30 bits per heavy atom. The van der Waals surface area contributed by atoms with Crippen molar-refractivity contribution in [3.63, 3.8) is 0 Å². The van der Waals surface area contributed by atoms with Crippen molar-refractivity contribution in [3.8, 4) is 0 Å². The van der Waals surface area contributed by atoms with Crippen LogP contribution in [0.15, 0.2) is 18.2 Å². The fourth-order valence-corrected chi connectivity index (χ4v) is 4.04. The number of anilines is 1. The van der Waals surface area contributed by atoms with Crippen LogP contribution in [-0.4, -0.2) is 41.6 Å². The summed E-state index contributed by atoms with van der Waals surface area (Å²) in [4.78, 5) is 16.8. The molecule has 1 aliphatic carbocycles. The number of rotatable bonds is 4. The number of nitrogens with zero attached hydrogens (tertiary/aromatic N) is 2. The van der Waals surface area contributed by atoms with Crippen molar-refractivity contribution >= 4 is 11.6 Å². The smallest absolute Gasteiger partial charge is 0.230 e. The fourth-order valence-electron chi connectivity index (χ4n) is 4.04. The molecule has 0 unspecified atom stereocenters. The first kappa shape index (κ1) is 15.2. The molecule has 1 N–H and O–H groups in total. The van der Waals surface area contributed by atoms with Crippen LogP contribution in [0.5, 0.6) is 0 Å². The van der Waals surface area contributed by atoms with Crippen molar-refractivity contribution < 1.29 is 9.90 Å². The third-order valence-electron chi connectivity index (χ3n) is 5.50. The predicted molar refractivity (Wildman–Crippen MR) is 90.5 cm³/mol. The van der Waals surface area contributed by atoms with Gasteiger partial charge in [0.25, 0.3) is 0 Å². The molecule has 1 aromatic rings. The van der Waals surface area contributed by atoms with Crippen LogP contribution in [0.4, 0.5) is 5.69 Å². The number of aliphatic hydroxyl groups is 1. The normalized spacial score (nSPS) is 25.7. The van der Waals surface area contributed by atoms with E-state index in [0.717, 1.165) is 50.1 Å². The molecule has 2 heterocycles. The van der Waals surface area contributed by atoms with Crippen LogP contribution in [0.3, 0.4) is 0 Å². The molecule has 0 aromatic heterocycles. The molecule has 4 rings (SSSR count). The second kappa shape index (κ2) is 5.91. The minimum Gasteiger partial charge on any atom is -0.387 e. The third kappa shape index (κ3) is 2.90. The van der Waals surface area contributed by atoms with Crippen LogP contribution in [-0.2, 0) is 11.2 Å². The van der Waals surface area contributed by atoms with Gasteiger partial charge in [-0.1, -0.05) is 12.1 Å². The molecule has 3 aliphatic rings. The predicted octanol–water partition coefficient (Wildman–Crippen LogP) is 2.50. The summed E-state index contributed by atoms with van der Waals surface area (Å²) >= 11 is 0. The molecule has 1 aromatic carbocycles. The van der Waals surface area contributed by atoms with Gasteiger partial charge in [0.05, 0.1) is 6.10 Å². The van der Waals surface area contributed by atoms with Crippen LogP contribution in [0.2, 0.25) is 0 Å². The van der Waals surface area contributed by atoms with E-state index in [1.807, 2.05) is 17.0 Å².